The lowest BCUT2D eigenvalue weighted by molar-refractivity contribution is 0.0552. The van der Waals surface area contributed by atoms with Crippen molar-refractivity contribution in [2.24, 2.45) is 5.92 Å². The van der Waals surface area contributed by atoms with Crippen molar-refractivity contribution in [3.63, 3.8) is 0 Å². The molecule has 1 amide bonds. The second kappa shape index (κ2) is 7.83. The lowest BCUT2D eigenvalue weighted by Crippen LogP contribution is -2.58. The fourth-order valence-electron chi connectivity index (χ4n) is 4.58. The van der Waals surface area contributed by atoms with Crippen molar-refractivity contribution < 1.29 is 14.3 Å². The van der Waals surface area contributed by atoms with E-state index in [2.05, 4.69) is 36.5 Å². The summed E-state index contributed by atoms with van der Waals surface area (Å²) in [5.74, 6) is 1.86. The average Bonchev–Trinajstić information content (AvgIpc) is 3.38. The van der Waals surface area contributed by atoms with Crippen LogP contribution < -0.4 is 14.8 Å². The predicted octanol–water partition coefficient (Wildman–Crippen LogP) is 4.43. The van der Waals surface area contributed by atoms with Gasteiger partial charge in [-0.05, 0) is 49.6 Å². The molecular formula is C26H30N4O3. The summed E-state index contributed by atoms with van der Waals surface area (Å²) in [6.07, 6.45) is 2.13. The monoisotopic (exact) mass is 446 g/mol. The normalized spacial score (nSPS) is 17.0. The van der Waals surface area contributed by atoms with Gasteiger partial charge in [-0.15, -0.1) is 0 Å². The summed E-state index contributed by atoms with van der Waals surface area (Å²) in [6.45, 7) is 14.8. The number of fused-ring (bicyclic) bond motifs is 2. The van der Waals surface area contributed by atoms with Crippen molar-refractivity contribution in [2.45, 2.75) is 39.8 Å². The van der Waals surface area contributed by atoms with Crippen LogP contribution in [0, 0.1) is 5.92 Å². The summed E-state index contributed by atoms with van der Waals surface area (Å²) in [5.41, 5.74) is 3.72. The third-order valence-electron chi connectivity index (χ3n) is 6.52. The Kier molecular flexibility index (Phi) is 5.07. The van der Waals surface area contributed by atoms with Gasteiger partial charge >= 0.3 is 0 Å². The molecule has 0 radical (unpaired) electrons. The molecule has 4 heterocycles. The number of piperazine rings is 1. The lowest BCUT2D eigenvalue weighted by Gasteiger charge is -2.44. The molecule has 33 heavy (non-hydrogen) atoms. The number of ether oxygens (including phenoxy) is 2. The molecule has 1 fully saturated rings. The smallest absolute Gasteiger partial charge is 0.273 e. The Morgan fingerprint density at radius 2 is 2.00 bits per heavy atom. The highest BCUT2D eigenvalue weighted by molar-refractivity contribution is 5.99. The second-order valence-corrected chi connectivity index (χ2v) is 9.65. The Balaban J connectivity index is 1.58. The number of amides is 1. The SMILES string of the molecule is C=C1NCCN(C(=O)c2ccc3c(-c4ccc5c(c4)OCO5)cn(CC(C)C)c3n2)C1(C)C. The number of rotatable bonds is 4. The van der Waals surface area contributed by atoms with Gasteiger partial charge in [-0.25, -0.2) is 4.98 Å². The molecule has 7 nitrogen and oxygen atoms in total. The number of carbonyl (C=O) groups is 1. The summed E-state index contributed by atoms with van der Waals surface area (Å²) in [6, 6.07) is 9.83. The van der Waals surface area contributed by atoms with Crippen molar-refractivity contribution in [1.29, 1.82) is 0 Å². The standard InChI is InChI=1S/C26H30N4O3/c1-16(2)13-29-14-20(18-6-9-22-23(12-18)33-15-32-22)19-7-8-21(28-24(19)29)25(31)30-11-10-27-17(3)26(30,4)5/h6-9,12,14,16,27H,3,10-11,13,15H2,1-2,4-5H3. The van der Waals surface area contributed by atoms with E-state index in [1.807, 2.05) is 49.1 Å². The van der Waals surface area contributed by atoms with E-state index in [4.69, 9.17) is 14.5 Å². The third-order valence-corrected chi connectivity index (χ3v) is 6.52. The first kappa shape index (κ1) is 21.4. The Bertz CT molecular complexity index is 1260. The molecule has 1 saturated heterocycles. The summed E-state index contributed by atoms with van der Waals surface area (Å²) in [4.78, 5) is 20.2. The van der Waals surface area contributed by atoms with Crippen LogP contribution in [-0.4, -0.2) is 45.8 Å². The molecular weight excluding hydrogens is 416 g/mol. The van der Waals surface area contributed by atoms with E-state index in [0.29, 0.717) is 24.7 Å². The van der Waals surface area contributed by atoms with Gasteiger partial charge in [0.1, 0.15) is 11.3 Å². The van der Waals surface area contributed by atoms with Gasteiger partial charge < -0.3 is 24.3 Å². The van der Waals surface area contributed by atoms with Crippen LogP contribution in [0.2, 0.25) is 0 Å². The highest BCUT2D eigenvalue weighted by atomic mass is 16.7. The molecule has 0 atom stereocenters. The highest BCUT2D eigenvalue weighted by Gasteiger charge is 2.37. The molecule has 1 aromatic carbocycles. The molecule has 2 aromatic heterocycles. The van der Waals surface area contributed by atoms with Crippen LogP contribution in [0.5, 0.6) is 11.5 Å². The van der Waals surface area contributed by atoms with Gasteiger partial charge in [0.2, 0.25) is 6.79 Å². The number of hydrogen-bond donors (Lipinski definition) is 1. The highest BCUT2D eigenvalue weighted by Crippen LogP contribution is 2.38. The van der Waals surface area contributed by atoms with Gasteiger partial charge in [-0.2, -0.15) is 0 Å². The van der Waals surface area contributed by atoms with E-state index in [1.165, 1.54) is 0 Å². The molecule has 1 N–H and O–H groups in total. The summed E-state index contributed by atoms with van der Waals surface area (Å²) < 4.78 is 13.2. The van der Waals surface area contributed by atoms with Gasteiger partial charge in [0.15, 0.2) is 11.5 Å². The maximum Gasteiger partial charge on any atom is 0.273 e. The van der Waals surface area contributed by atoms with Crippen LogP contribution in [0.1, 0.15) is 38.2 Å². The zero-order valence-corrected chi connectivity index (χ0v) is 19.6. The molecule has 172 valence electrons. The molecule has 2 aliphatic rings. The molecule has 0 bridgehead atoms. The lowest BCUT2D eigenvalue weighted by atomic mass is 9.95. The second-order valence-electron chi connectivity index (χ2n) is 9.65. The molecule has 7 heteroatoms. The molecule has 3 aromatic rings. The zero-order valence-electron chi connectivity index (χ0n) is 19.6. The fraction of sp³-hybridized carbons (Fsp3) is 0.385. The van der Waals surface area contributed by atoms with Crippen molar-refractivity contribution in [3.8, 4) is 22.6 Å². The van der Waals surface area contributed by atoms with Gasteiger partial charge in [-0.3, -0.25) is 4.79 Å². The third kappa shape index (κ3) is 3.61. The van der Waals surface area contributed by atoms with Crippen LogP contribution in [0.15, 0.2) is 48.8 Å². The zero-order chi connectivity index (χ0) is 23.3. The first-order chi connectivity index (χ1) is 15.8. The number of pyridine rings is 1. The Morgan fingerprint density at radius 1 is 1.21 bits per heavy atom. The van der Waals surface area contributed by atoms with Crippen LogP contribution in [-0.2, 0) is 6.54 Å². The molecule has 0 unspecified atom stereocenters. The topological polar surface area (TPSA) is 68.6 Å². The van der Waals surface area contributed by atoms with Gasteiger partial charge in [-0.1, -0.05) is 26.5 Å². The van der Waals surface area contributed by atoms with Crippen molar-refractivity contribution in [3.05, 3.63) is 54.5 Å². The Morgan fingerprint density at radius 3 is 2.79 bits per heavy atom. The Hall–Kier alpha value is -3.48. The summed E-state index contributed by atoms with van der Waals surface area (Å²) in [7, 11) is 0. The largest absolute Gasteiger partial charge is 0.454 e. The minimum absolute atomic E-state index is 0.0773. The number of carbonyl (C=O) groups excluding carboxylic acids is 1. The molecule has 0 aliphatic carbocycles. The Labute approximate surface area is 194 Å². The molecule has 0 saturated carbocycles. The van der Waals surface area contributed by atoms with Gasteiger partial charge in [0.05, 0.1) is 5.54 Å². The summed E-state index contributed by atoms with van der Waals surface area (Å²) in [5, 5.41) is 4.29. The van der Waals surface area contributed by atoms with Crippen molar-refractivity contribution in [1.82, 2.24) is 19.8 Å². The average molecular weight is 447 g/mol. The maximum atomic E-state index is 13.5. The van der Waals surface area contributed by atoms with Crippen molar-refractivity contribution in [2.75, 3.05) is 19.9 Å². The van der Waals surface area contributed by atoms with E-state index < -0.39 is 5.54 Å². The maximum absolute atomic E-state index is 13.5. The number of nitrogens with zero attached hydrogens (tertiary/aromatic N) is 3. The number of aromatic nitrogens is 2. The summed E-state index contributed by atoms with van der Waals surface area (Å²) >= 11 is 0. The van der Waals surface area contributed by atoms with Crippen molar-refractivity contribution >= 4 is 16.9 Å². The van der Waals surface area contributed by atoms with Gasteiger partial charge in [0, 0.05) is 42.5 Å². The van der Waals surface area contributed by atoms with E-state index in [0.717, 1.165) is 45.9 Å². The van der Waals surface area contributed by atoms with Crippen LogP contribution in [0.4, 0.5) is 0 Å². The van der Waals surface area contributed by atoms with Gasteiger partial charge in [0.25, 0.3) is 5.91 Å². The minimum atomic E-state index is -0.483. The number of benzene rings is 1. The van der Waals surface area contributed by atoms with Crippen LogP contribution >= 0.6 is 0 Å². The van der Waals surface area contributed by atoms with Crippen LogP contribution in [0.3, 0.4) is 0 Å². The number of nitrogens with one attached hydrogen (secondary N) is 1. The quantitative estimate of drug-likeness (QED) is 0.642. The molecule has 0 spiro atoms. The number of hydrogen-bond acceptors (Lipinski definition) is 5. The molecule has 5 rings (SSSR count). The first-order valence-electron chi connectivity index (χ1n) is 11.4. The van der Waals surface area contributed by atoms with E-state index in [-0.39, 0.29) is 12.7 Å². The van der Waals surface area contributed by atoms with E-state index in [1.54, 1.807) is 0 Å². The predicted molar refractivity (Wildman–Crippen MR) is 128 cm³/mol. The van der Waals surface area contributed by atoms with E-state index in [9.17, 15) is 4.79 Å². The fourth-order valence-corrected chi connectivity index (χ4v) is 4.58. The van der Waals surface area contributed by atoms with Crippen LogP contribution in [0.25, 0.3) is 22.2 Å². The first-order valence-corrected chi connectivity index (χ1v) is 11.4. The molecule has 2 aliphatic heterocycles. The van der Waals surface area contributed by atoms with E-state index >= 15 is 0 Å². The minimum Gasteiger partial charge on any atom is -0.454 e.